The average Bonchev–Trinajstić information content (AvgIpc) is 2.72. The maximum absolute atomic E-state index is 13.1. The average molecular weight is 374 g/mol. The fraction of sp³-hybridized carbons (Fsp3) is 0.318. The molecule has 6 nitrogen and oxygen atoms in total. The predicted octanol–water partition coefficient (Wildman–Crippen LogP) is 1.79. The lowest BCUT2D eigenvalue weighted by molar-refractivity contribution is -0.141. The van der Waals surface area contributed by atoms with E-state index < -0.39 is 0 Å². The first kappa shape index (κ1) is 18.2. The zero-order chi connectivity index (χ0) is 19.7. The smallest absolute Gasteiger partial charge is 0.246 e. The molecule has 1 unspecified atom stereocenters. The fourth-order valence-electron chi connectivity index (χ4n) is 4.06. The zero-order valence-corrected chi connectivity index (χ0v) is 15.8. The molecule has 0 spiro atoms. The second-order valence-electron chi connectivity index (χ2n) is 7.34. The van der Waals surface area contributed by atoms with Crippen LogP contribution in [0.4, 0.5) is 5.69 Å². The van der Waals surface area contributed by atoms with Crippen LogP contribution in [0.1, 0.15) is 16.7 Å². The molecule has 2 aromatic carbocycles. The number of piperazine rings is 1. The van der Waals surface area contributed by atoms with Crippen LogP contribution < -0.4 is 4.90 Å². The van der Waals surface area contributed by atoms with E-state index in [9.17, 15) is 14.9 Å². The number of nitriles is 1. The molecule has 1 fully saturated rings. The number of benzene rings is 2. The third kappa shape index (κ3) is 3.25. The second kappa shape index (κ2) is 7.45. The Kier molecular flexibility index (Phi) is 4.84. The van der Waals surface area contributed by atoms with Gasteiger partial charge >= 0.3 is 0 Å². The van der Waals surface area contributed by atoms with Gasteiger partial charge in [0.1, 0.15) is 12.6 Å². The highest BCUT2D eigenvalue weighted by molar-refractivity contribution is 5.99. The van der Waals surface area contributed by atoms with Gasteiger partial charge in [-0.1, -0.05) is 36.4 Å². The van der Waals surface area contributed by atoms with Gasteiger partial charge in [-0.05, 0) is 36.7 Å². The molecule has 1 saturated heterocycles. The van der Waals surface area contributed by atoms with Gasteiger partial charge in [0.25, 0.3) is 0 Å². The van der Waals surface area contributed by atoms with E-state index in [1.54, 1.807) is 28.0 Å². The Morgan fingerprint density at radius 3 is 2.50 bits per heavy atom. The summed E-state index contributed by atoms with van der Waals surface area (Å²) in [5, 5.41) is 9.30. The quantitative estimate of drug-likeness (QED) is 0.804. The lowest BCUT2D eigenvalue weighted by atomic mass is 9.93. The van der Waals surface area contributed by atoms with Crippen molar-refractivity contribution in [2.24, 2.45) is 0 Å². The van der Waals surface area contributed by atoms with Gasteiger partial charge in [-0.3, -0.25) is 14.5 Å². The molecule has 0 aliphatic carbocycles. The second-order valence-corrected chi connectivity index (χ2v) is 7.34. The molecule has 2 amide bonds. The summed E-state index contributed by atoms with van der Waals surface area (Å²) in [5.41, 5.74) is 3.54. The molecule has 0 radical (unpaired) electrons. The molecule has 0 N–H and O–H groups in total. The van der Waals surface area contributed by atoms with Crippen LogP contribution in [0.15, 0.2) is 48.5 Å². The van der Waals surface area contributed by atoms with Gasteiger partial charge in [0, 0.05) is 19.6 Å². The van der Waals surface area contributed by atoms with Crippen molar-refractivity contribution in [3.05, 3.63) is 65.2 Å². The van der Waals surface area contributed by atoms with Gasteiger partial charge in [0.15, 0.2) is 0 Å². The lowest BCUT2D eigenvalue weighted by Gasteiger charge is -2.39. The van der Waals surface area contributed by atoms with Crippen molar-refractivity contribution >= 4 is 17.5 Å². The Hall–Kier alpha value is -3.17. The molecule has 0 saturated carbocycles. The number of fused-ring (bicyclic) bond motifs is 1. The van der Waals surface area contributed by atoms with Gasteiger partial charge in [-0.25, -0.2) is 0 Å². The number of nitrogens with zero attached hydrogens (tertiary/aromatic N) is 4. The van der Waals surface area contributed by atoms with Crippen molar-refractivity contribution in [2.75, 3.05) is 31.6 Å². The summed E-state index contributed by atoms with van der Waals surface area (Å²) < 4.78 is 0. The molecule has 0 aromatic heterocycles. The molecule has 28 heavy (non-hydrogen) atoms. The predicted molar refractivity (Wildman–Crippen MR) is 105 cm³/mol. The minimum atomic E-state index is -0.249. The summed E-state index contributed by atoms with van der Waals surface area (Å²) >= 11 is 0. The molecule has 1 atom stereocenters. The monoisotopic (exact) mass is 374 g/mol. The summed E-state index contributed by atoms with van der Waals surface area (Å²) in [5.74, 6) is -0.153. The van der Waals surface area contributed by atoms with Gasteiger partial charge in [0.05, 0.1) is 17.3 Å². The molecule has 142 valence electrons. The molecule has 0 bridgehead atoms. The zero-order valence-electron chi connectivity index (χ0n) is 15.8. The SMILES string of the molecule is CN1Cc2ccccc2CC1C(=O)N1CCN(c2ccccc2C#N)C(=O)C1. The number of rotatable bonds is 2. The van der Waals surface area contributed by atoms with E-state index in [1.165, 1.54) is 11.1 Å². The number of anilines is 1. The van der Waals surface area contributed by atoms with E-state index in [-0.39, 0.29) is 24.4 Å². The number of likely N-dealkylation sites (N-methyl/N-ethyl adjacent to an activating group) is 1. The summed E-state index contributed by atoms with van der Waals surface area (Å²) in [7, 11) is 1.96. The van der Waals surface area contributed by atoms with Gasteiger partial charge in [-0.15, -0.1) is 0 Å². The van der Waals surface area contributed by atoms with Crippen molar-refractivity contribution in [3.8, 4) is 6.07 Å². The van der Waals surface area contributed by atoms with Crippen LogP contribution >= 0.6 is 0 Å². The third-order valence-electron chi connectivity index (χ3n) is 5.62. The summed E-state index contributed by atoms with van der Waals surface area (Å²) in [6.45, 7) is 1.65. The molecule has 6 heteroatoms. The Balaban J connectivity index is 1.48. The number of amides is 2. The van der Waals surface area contributed by atoms with Gasteiger partial charge < -0.3 is 9.80 Å². The minimum absolute atomic E-state index is 0.00132. The van der Waals surface area contributed by atoms with Gasteiger partial charge in [0.2, 0.25) is 11.8 Å². The standard InChI is InChI=1S/C22H22N4O2/c1-24-14-18-8-3-2-6-16(18)12-20(24)22(28)25-10-11-26(21(27)15-25)19-9-5-4-7-17(19)13-23/h2-9,20H,10-12,14-15H2,1H3. The van der Waals surface area contributed by atoms with Crippen molar-refractivity contribution in [1.82, 2.24) is 9.80 Å². The first-order valence-electron chi connectivity index (χ1n) is 9.44. The van der Waals surface area contributed by atoms with Crippen LogP contribution in [0.3, 0.4) is 0 Å². The van der Waals surface area contributed by atoms with Gasteiger partial charge in [-0.2, -0.15) is 5.26 Å². The van der Waals surface area contributed by atoms with E-state index in [4.69, 9.17) is 0 Å². The Morgan fingerprint density at radius 1 is 1.04 bits per heavy atom. The maximum Gasteiger partial charge on any atom is 0.246 e. The van der Waals surface area contributed by atoms with Crippen molar-refractivity contribution < 1.29 is 9.59 Å². The minimum Gasteiger partial charge on any atom is -0.330 e. The topological polar surface area (TPSA) is 67.7 Å². The first-order chi connectivity index (χ1) is 13.6. The number of hydrogen-bond donors (Lipinski definition) is 0. The Bertz CT molecular complexity index is 965. The highest BCUT2D eigenvalue weighted by Gasteiger charge is 2.36. The molecular formula is C22H22N4O2. The molecule has 2 aliphatic heterocycles. The van der Waals surface area contributed by atoms with Crippen molar-refractivity contribution in [3.63, 3.8) is 0 Å². The van der Waals surface area contributed by atoms with Crippen molar-refractivity contribution in [1.29, 1.82) is 5.26 Å². The fourth-order valence-corrected chi connectivity index (χ4v) is 4.06. The molecule has 4 rings (SSSR count). The van der Waals surface area contributed by atoms with Crippen LogP contribution in [-0.4, -0.2) is 54.3 Å². The Morgan fingerprint density at radius 2 is 1.75 bits per heavy atom. The molecular weight excluding hydrogens is 352 g/mol. The lowest BCUT2D eigenvalue weighted by Crippen LogP contribution is -2.57. The number of para-hydroxylation sites is 1. The normalized spacial score (nSPS) is 19.9. The maximum atomic E-state index is 13.1. The molecule has 2 aromatic rings. The highest BCUT2D eigenvalue weighted by Crippen LogP contribution is 2.25. The summed E-state index contributed by atoms with van der Waals surface area (Å²) in [6, 6.07) is 17.2. The van der Waals surface area contributed by atoms with Crippen LogP contribution in [0.5, 0.6) is 0 Å². The number of hydrogen-bond acceptors (Lipinski definition) is 4. The Labute approximate surface area is 164 Å². The van der Waals surface area contributed by atoms with Crippen LogP contribution in [0.25, 0.3) is 0 Å². The number of carbonyl (C=O) groups is 2. The molecule has 2 aliphatic rings. The molecule has 2 heterocycles. The van der Waals surface area contributed by atoms with E-state index in [1.807, 2.05) is 25.2 Å². The van der Waals surface area contributed by atoms with E-state index >= 15 is 0 Å². The number of carbonyl (C=O) groups excluding carboxylic acids is 2. The van der Waals surface area contributed by atoms with E-state index in [0.717, 1.165) is 6.54 Å². The summed E-state index contributed by atoms with van der Waals surface area (Å²) in [4.78, 5) is 31.2. The van der Waals surface area contributed by atoms with Crippen LogP contribution in [-0.2, 0) is 22.6 Å². The third-order valence-corrected chi connectivity index (χ3v) is 5.62. The van der Waals surface area contributed by atoms with Crippen LogP contribution in [0.2, 0.25) is 0 Å². The van der Waals surface area contributed by atoms with E-state index in [2.05, 4.69) is 23.1 Å². The van der Waals surface area contributed by atoms with E-state index in [0.29, 0.717) is 30.8 Å². The largest absolute Gasteiger partial charge is 0.330 e. The summed E-state index contributed by atoms with van der Waals surface area (Å²) in [6.07, 6.45) is 0.664. The van der Waals surface area contributed by atoms with Crippen LogP contribution in [0, 0.1) is 11.3 Å². The van der Waals surface area contributed by atoms with Crippen molar-refractivity contribution in [2.45, 2.75) is 19.0 Å². The highest BCUT2D eigenvalue weighted by atomic mass is 16.2. The first-order valence-corrected chi connectivity index (χ1v) is 9.44.